The number of aromatic carboxylic acids is 1. The van der Waals surface area contributed by atoms with Gasteiger partial charge in [-0.05, 0) is 19.1 Å². The van der Waals surface area contributed by atoms with Gasteiger partial charge in [-0.2, -0.15) is 0 Å². The first-order valence-corrected chi connectivity index (χ1v) is 5.98. The Labute approximate surface area is 114 Å². The lowest BCUT2D eigenvalue weighted by molar-refractivity contribution is -0.385. The molecule has 1 rings (SSSR count). The number of anilines is 1. The van der Waals surface area contributed by atoms with Gasteiger partial charge >= 0.3 is 5.97 Å². The fourth-order valence-corrected chi connectivity index (χ4v) is 1.58. The van der Waals surface area contributed by atoms with Gasteiger partial charge in [0, 0.05) is 31.3 Å². The SMILES string of the molecule is CCNC(=O)CCNc1ccc([N+](=O)[O-])c(C(=O)O)c1. The van der Waals surface area contributed by atoms with E-state index in [-0.39, 0.29) is 12.3 Å². The average Bonchev–Trinajstić information content (AvgIpc) is 2.38. The maximum atomic E-state index is 11.2. The van der Waals surface area contributed by atoms with Crippen LogP contribution in [-0.4, -0.2) is 35.0 Å². The molecule has 8 nitrogen and oxygen atoms in total. The van der Waals surface area contributed by atoms with Gasteiger partial charge in [0.2, 0.25) is 5.91 Å². The molecule has 0 fully saturated rings. The van der Waals surface area contributed by atoms with Gasteiger partial charge in [-0.1, -0.05) is 0 Å². The minimum absolute atomic E-state index is 0.125. The smallest absolute Gasteiger partial charge is 0.342 e. The molecule has 0 aliphatic rings. The zero-order chi connectivity index (χ0) is 15.1. The molecule has 0 radical (unpaired) electrons. The molecule has 8 heteroatoms. The number of carboxylic acid groups (broad SMARTS) is 1. The van der Waals surface area contributed by atoms with Crippen molar-refractivity contribution in [1.29, 1.82) is 0 Å². The normalized spacial score (nSPS) is 9.85. The average molecular weight is 281 g/mol. The Bertz CT molecular complexity index is 530. The van der Waals surface area contributed by atoms with Gasteiger partial charge in [-0.15, -0.1) is 0 Å². The number of nitro benzene ring substituents is 1. The van der Waals surface area contributed by atoms with Crippen LogP contribution in [0.15, 0.2) is 18.2 Å². The molecule has 0 aliphatic carbocycles. The van der Waals surface area contributed by atoms with Crippen LogP contribution in [0.4, 0.5) is 11.4 Å². The number of benzene rings is 1. The molecule has 0 heterocycles. The molecule has 0 aromatic heterocycles. The van der Waals surface area contributed by atoms with Crippen molar-refractivity contribution in [2.75, 3.05) is 18.4 Å². The molecule has 0 unspecified atom stereocenters. The highest BCUT2D eigenvalue weighted by atomic mass is 16.6. The zero-order valence-corrected chi connectivity index (χ0v) is 10.9. The lowest BCUT2D eigenvalue weighted by Gasteiger charge is -2.07. The molecule has 0 saturated heterocycles. The number of carbonyl (C=O) groups excluding carboxylic acids is 1. The van der Waals surface area contributed by atoms with E-state index < -0.39 is 22.1 Å². The number of amides is 1. The van der Waals surface area contributed by atoms with Crippen LogP contribution in [0.3, 0.4) is 0 Å². The van der Waals surface area contributed by atoms with E-state index in [4.69, 9.17) is 5.11 Å². The lowest BCUT2D eigenvalue weighted by Crippen LogP contribution is -2.24. The fourth-order valence-electron chi connectivity index (χ4n) is 1.58. The quantitative estimate of drug-likeness (QED) is 0.510. The van der Waals surface area contributed by atoms with Gasteiger partial charge in [-0.25, -0.2) is 4.79 Å². The summed E-state index contributed by atoms with van der Waals surface area (Å²) >= 11 is 0. The number of nitrogens with zero attached hydrogens (tertiary/aromatic N) is 1. The van der Waals surface area contributed by atoms with Gasteiger partial charge < -0.3 is 15.7 Å². The van der Waals surface area contributed by atoms with Crippen molar-refractivity contribution in [1.82, 2.24) is 5.32 Å². The topological polar surface area (TPSA) is 122 Å². The summed E-state index contributed by atoms with van der Waals surface area (Å²) in [6.45, 7) is 2.66. The van der Waals surface area contributed by atoms with E-state index in [1.807, 2.05) is 0 Å². The van der Waals surface area contributed by atoms with Crippen molar-refractivity contribution in [3.63, 3.8) is 0 Å². The highest BCUT2D eigenvalue weighted by molar-refractivity contribution is 5.93. The summed E-state index contributed by atoms with van der Waals surface area (Å²) < 4.78 is 0. The third-order valence-corrected chi connectivity index (χ3v) is 2.48. The molecule has 3 N–H and O–H groups in total. The third kappa shape index (κ3) is 4.23. The third-order valence-electron chi connectivity index (χ3n) is 2.48. The van der Waals surface area contributed by atoms with Gasteiger partial charge in [0.05, 0.1) is 4.92 Å². The summed E-state index contributed by atoms with van der Waals surface area (Å²) in [6.07, 6.45) is 0.229. The molecule has 0 bridgehead atoms. The Hall–Kier alpha value is -2.64. The molecular formula is C12H15N3O5. The molecular weight excluding hydrogens is 266 g/mol. The summed E-state index contributed by atoms with van der Waals surface area (Å²) in [5.41, 5.74) is -0.443. The molecule has 1 aromatic carbocycles. The Kier molecular flexibility index (Phi) is 5.45. The number of nitrogens with one attached hydrogen (secondary N) is 2. The predicted octanol–water partition coefficient (Wildman–Crippen LogP) is 1.23. The first-order chi connectivity index (χ1) is 9.45. The summed E-state index contributed by atoms with van der Waals surface area (Å²) in [5.74, 6) is -1.50. The maximum absolute atomic E-state index is 11.2. The Morgan fingerprint density at radius 3 is 2.65 bits per heavy atom. The summed E-state index contributed by atoms with van der Waals surface area (Å²) in [5, 5.41) is 25.1. The Morgan fingerprint density at radius 1 is 1.40 bits per heavy atom. The number of hydrogen-bond donors (Lipinski definition) is 3. The van der Waals surface area contributed by atoms with Crippen LogP contribution < -0.4 is 10.6 Å². The van der Waals surface area contributed by atoms with Crippen LogP contribution in [-0.2, 0) is 4.79 Å². The number of nitro groups is 1. The molecule has 0 spiro atoms. The molecule has 0 atom stereocenters. The summed E-state index contributed by atoms with van der Waals surface area (Å²) in [6, 6.07) is 3.71. The van der Waals surface area contributed by atoms with E-state index in [9.17, 15) is 19.7 Å². The van der Waals surface area contributed by atoms with Crippen LogP contribution in [0.2, 0.25) is 0 Å². The molecule has 0 aliphatic heterocycles. The molecule has 108 valence electrons. The van der Waals surface area contributed by atoms with Crippen molar-refractivity contribution in [2.45, 2.75) is 13.3 Å². The lowest BCUT2D eigenvalue weighted by atomic mass is 10.1. The summed E-state index contributed by atoms with van der Waals surface area (Å²) in [7, 11) is 0. The monoisotopic (exact) mass is 281 g/mol. The molecule has 1 amide bonds. The van der Waals surface area contributed by atoms with E-state index in [1.54, 1.807) is 6.92 Å². The largest absolute Gasteiger partial charge is 0.477 e. The van der Waals surface area contributed by atoms with E-state index in [2.05, 4.69) is 10.6 Å². The number of rotatable bonds is 7. The highest BCUT2D eigenvalue weighted by Gasteiger charge is 2.19. The predicted molar refractivity (Wildman–Crippen MR) is 71.8 cm³/mol. The molecule has 20 heavy (non-hydrogen) atoms. The minimum atomic E-state index is -1.37. The van der Waals surface area contributed by atoms with Gasteiger partial charge in [0.15, 0.2) is 0 Å². The Balaban J connectivity index is 2.73. The van der Waals surface area contributed by atoms with Crippen molar-refractivity contribution in [3.05, 3.63) is 33.9 Å². The molecule has 0 saturated carbocycles. The van der Waals surface area contributed by atoms with Crippen LogP contribution in [0.25, 0.3) is 0 Å². The van der Waals surface area contributed by atoms with E-state index in [0.29, 0.717) is 18.8 Å². The van der Waals surface area contributed by atoms with Gasteiger partial charge in [0.1, 0.15) is 5.56 Å². The zero-order valence-electron chi connectivity index (χ0n) is 10.9. The summed E-state index contributed by atoms with van der Waals surface area (Å²) in [4.78, 5) is 32.1. The van der Waals surface area contributed by atoms with Crippen molar-refractivity contribution >= 4 is 23.3 Å². The van der Waals surface area contributed by atoms with Crippen LogP contribution in [0, 0.1) is 10.1 Å². The highest BCUT2D eigenvalue weighted by Crippen LogP contribution is 2.22. The second kappa shape index (κ2) is 7.07. The van der Waals surface area contributed by atoms with E-state index >= 15 is 0 Å². The van der Waals surface area contributed by atoms with Crippen molar-refractivity contribution < 1.29 is 19.6 Å². The maximum Gasteiger partial charge on any atom is 0.342 e. The van der Waals surface area contributed by atoms with Gasteiger partial charge in [-0.3, -0.25) is 14.9 Å². The van der Waals surface area contributed by atoms with E-state index in [0.717, 1.165) is 6.07 Å². The number of carbonyl (C=O) groups is 2. The van der Waals surface area contributed by atoms with Crippen molar-refractivity contribution in [3.8, 4) is 0 Å². The van der Waals surface area contributed by atoms with Gasteiger partial charge in [0.25, 0.3) is 5.69 Å². The molecule has 1 aromatic rings. The second-order valence-electron chi connectivity index (χ2n) is 3.92. The van der Waals surface area contributed by atoms with Crippen LogP contribution >= 0.6 is 0 Å². The minimum Gasteiger partial charge on any atom is -0.477 e. The van der Waals surface area contributed by atoms with Crippen molar-refractivity contribution in [2.24, 2.45) is 0 Å². The van der Waals surface area contributed by atoms with Crippen LogP contribution in [0.5, 0.6) is 0 Å². The number of hydrogen-bond acceptors (Lipinski definition) is 5. The fraction of sp³-hybridized carbons (Fsp3) is 0.333. The van der Waals surface area contributed by atoms with E-state index in [1.165, 1.54) is 12.1 Å². The van der Waals surface area contributed by atoms with Crippen LogP contribution in [0.1, 0.15) is 23.7 Å². The second-order valence-corrected chi connectivity index (χ2v) is 3.92. The first kappa shape index (κ1) is 15.4. The standard InChI is InChI=1S/C12H15N3O5/c1-2-13-11(16)5-6-14-8-3-4-10(15(19)20)9(7-8)12(17)18/h3-4,7,14H,2,5-6H2,1H3,(H,13,16)(H,17,18). The Morgan fingerprint density at radius 2 is 2.10 bits per heavy atom. The first-order valence-electron chi connectivity index (χ1n) is 5.98. The number of carboxylic acids is 1.